The van der Waals surface area contributed by atoms with Crippen molar-refractivity contribution < 1.29 is 19.1 Å². The molecule has 1 unspecified atom stereocenters. The molecule has 2 heterocycles. The normalized spacial score (nSPS) is 20.5. The van der Waals surface area contributed by atoms with E-state index in [4.69, 9.17) is 9.47 Å². The van der Waals surface area contributed by atoms with Gasteiger partial charge in [-0.2, -0.15) is 0 Å². The van der Waals surface area contributed by atoms with E-state index in [0.29, 0.717) is 43.2 Å². The van der Waals surface area contributed by atoms with Crippen LogP contribution in [0, 0.1) is 0 Å². The van der Waals surface area contributed by atoms with Crippen LogP contribution in [0.4, 0.5) is 0 Å². The van der Waals surface area contributed by atoms with Crippen LogP contribution in [0.1, 0.15) is 23.2 Å². The molecule has 2 aliphatic heterocycles. The highest BCUT2D eigenvalue weighted by atomic mass is 16.5. The van der Waals surface area contributed by atoms with E-state index in [0.717, 1.165) is 19.4 Å². The number of nitrogens with one attached hydrogen (secondary N) is 1. The van der Waals surface area contributed by atoms with E-state index in [9.17, 15) is 9.59 Å². The largest absolute Gasteiger partial charge is 0.493 e. The van der Waals surface area contributed by atoms with Crippen molar-refractivity contribution in [2.75, 3.05) is 46.9 Å². The number of carbonyl (C=O) groups excluding carboxylic acids is 2. The molecular weight excluding hydrogens is 322 g/mol. The topological polar surface area (TPSA) is 71.1 Å². The van der Waals surface area contributed by atoms with Gasteiger partial charge in [-0.25, -0.2) is 0 Å². The predicted octanol–water partition coefficient (Wildman–Crippen LogP) is 0.740. The van der Waals surface area contributed by atoms with Crippen molar-refractivity contribution in [2.24, 2.45) is 0 Å². The molecule has 136 valence electrons. The van der Waals surface area contributed by atoms with Gasteiger partial charge in [-0.15, -0.1) is 0 Å². The van der Waals surface area contributed by atoms with Gasteiger partial charge < -0.3 is 24.6 Å². The number of hydrogen-bond donors (Lipinski definition) is 1. The zero-order chi connectivity index (χ0) is 17.8. The SMILES string of the molecule is COc1ccc(C(=O)N2CCN(C(=O)C3CCCN3)CC2)cc1OC. The van der Waals surface area contributed by atoms with Gasteiger partial charge in [0.05, 0.1) is 20.3 Å². The summed E-state index contributed by atoms with van der Waals surface area (Å²) in [5.41, 5.74) is 0.565. The fourth-order valence-electron chi connectivity index (χ4n) is 3.40. The zero-order valence-corrected chi connectivity index (χ0v) is 14.8. The van der Waals surface area contributed by atoms with Crippen molar-refractivity contribution in [1.82, 2.24) is 15.1 Å². The molecule has 1 aromatic rings. The summed E-state index contributed by atoms with van der Waals surface area (Å²) in [6.45, 7) is 3.16. The van der Waals surface area contributed by atoms with Gasteiger partial charge in [0.2, 0.25) is 5.91 Å². The van der Waals surface area contributed by atoms with Gasteiger partial charge in [0.1, 0.15) is 0 Å². The Morgan fingerprint density at radius 2 is 1.72 bits per heavy atom. The van der Waals surface area contributed by atoms with E-state index in [2.05, 4.69) is 5.32 Å². The summed E-state index contributed by atoms with van der Waals surface area (Å²) < 4.78 is 10.5. The van der Waals surface area contributed by atoms with Crippen LogP contribution in [-0.2, 0) is 4.79 Å². The average Bonchev–Trinajstić information content (AvgIpc) is 3.21. The third kappa shape index (κ3) is 3.71. The molecule has 3 rings (SSSR count). The Kier molecular flexibility index (Phi) is 5.43. The lowest BCUT2D eigenvalue weighted by Crippen LogP contribution is -2.54. The van der Waals surface area contributed by atoms with E-state index >= 15 is 0 Å². The molecule has 0 radical (unpaired) electrons. The number of piperazine rings is 1. The first kappa shape index (κ1) is 17.5. The molecule has 2 saturated heterocycles. The third-order valence-electron chi connectivity index (χ3n) is 4.87. The van der Waals surface area contributed by atoms with Crippen LogP contribution in [0.25, 0.3) is 0 Å². The molecule has 7 heteroatoms. The summed E-state index contributed by atoms with van der Waals surface area (Å²) >= 11 is 0. The first-order valence-corrected chi connectivity index (χ1v) is 8.67. The summed E-state index contributed by atoms with van der Waals surface area (Å²) in [6, 6.07) is 5.12. The van der Waals surface area contributed by atoms with Gasteiger partial charge in [-0.1, -0.05) is 0 Å². The Bertz CT molecular complexity index is 635. The highest BCUT2D eigenvalue weighted by Crippen LogP contribution is 2.28. The highest BCUT2D eigenvalue weighted by Gasteiger charge is 2.30. The summed E-state index contributed by atoms with van der Waals surface area (Å²) in [5.74, 6) is 1.25. The molecule has 0 saturated carbocycles. The van der Waals surface area contributed by atoms with Crippen LogP contribution >= 0.6 is 0 Å². The summed E-state index contributed by atoms with van der Waals surface area (Å²) in [7, 11) is 3.11. The second-order valence-corrected chi connectivity index (χ2v) is 6.34. The zero-order valence-electron chi connectivity index (χ0n) is 14.8. The van der Waals surface area contributed by atoms with Gasteiger partial charge in [0.15, 0.2) is 11.5 Å². The number of ether oxygens (including phenoxy) is 2. The standard InChI is InChI=1S/C18H25N3O4/c1-24-15-6-5-13(12-16(15)25-2)17(22)20-8-10-21(11-9-20)18(23)14-4-3-7-19-14/h5-6,12,14,19H,3-4,7-11H2,1-2H3. The molecule has 1 aromatic carbocycles. The molecule has 2 amide bonds. The molecule has 1 atom stereocenters. The number of methoxy groups -OCH3 is 2. The minimum Gasteiger partial charge on any atom is -0.493 e. The number of carbonyl (C=O) groups is 2. The summed E-state index contributed by atoms with van der Waals surface area (Å²) in [5, 5.41) is 3.24. The van der Waals surface area contributed by atoms with Crippen LogP contribution in [0.3, 0.4) is 0 Å². The average molecular weight is 347 g/mol. The molecule has 2 aliphatic rings. The van der Waals surface area contributed by atoms with Gasteiger partial charge >= 0.3 is 0 Å². The van der Waals surface area contributed by atoms with Gasteiger partial charge in [0.25, 0.3) is 5.91 Å². The van der Waals surface area contributed by atoms with E-state index in [1.807, 2.05) is 4.90 Å². The Balaban J connectivity index is 1.60. The second-order valence-electron chi connectivity index (χ2n) is 6.34. The molecule has 0 bridgehead atoms. The molecule has 2 fully saturated rings. The lowest BCUT2D eigenvalue weighted by Gasteiger charge is -2.36. The lowest BCUT2D eigenvalue weighted by molar-refractivity contribution is -0.134. The molecule has 1 N–H and O–H groups in total. The molecule has 7 nitrogen and oxygen atoms in total. The van der Waals surface area contributed by atoms with Crippen molar-refractivity contribution >= 4 is 11.8 Å². The summed E-state index contributed by atoms with van der Waals surface area (Å²) in [6.07, 6.45) is 1.96. The maximum Gasteiger partial charge on any atom is 0.254 e. The van der Waals surface area contributed by atoms with Crippen molar-refractivity contribution in [1.29, 1.82) is 0 Å². The third-order valence-corrected chi connectivity index (χ3v) is 4.87. The number of rotatable bonds is 4. The fourth-order valence-corrected chi connectivity index (χ4v) is 3.40. The molecule has 25 heavy (non-hydrogen) atoms. The Morgan fingerprint density at radius 3 is 2.32 bits per heavy atom. The van der Waals surface area contributed by atoms with Crippen LogP contribution in [0.2, 0.25) is 0 Å². The Morgan fingerprint density at radius 1 is 1.04 bits per heavy atom. The number of hydrogen-bond acceptors (Lipinski definition) is 5. The van der Waals surface area contributed by atoms with Crippen molar-refractivity contribution in [3.63, 3.8) is 0 Å². The maximum atomic E-state index is 12.7. The number of nitrogens with zero attached hydrogens (tertiary/aromatic N) is 2. The van der Waals surface area contributed by atoms with Crippen LogP contribution in [-0.4, -0.2) is 74.6 Å². The summed E-state index contributed by atoms with van der Waals surface area (Å²) in [4.78, 5) is 28.8. The lowest BCUT2D eigenvalue weighted by atomic mass is 10.1. The van der Waals surface area contributed by atoms with Crippen molar-refractivity contribution in [3.05, 3.63) is 23.8 Å². The molecular formula is C18H25N3O4. The molecule has 0 aliphatic carbocycles. The highest BCUT2D eigenvalue weighted by molar-refractivity contribution is 5.95. The second kappa shape index (κ2) is 7.74. The first-order valence-electron chi connectivity index (χ1n) is 8.67. The van der Waals surface area contributed by atoms with Crippen molar-refractivity contribution in [2.45, 2.75) is 18.9 Å². The number of amides is 2. The van der Waals surface area contributed by atoms with Crippen LogP contribution < -0.4 is 14.8 Å². The quantitative estimate of drug-likeness (QED) is 0.870. The van der Waals surface area contributed by atoms with E-state index in [1.54, 1.807) is 37.3 Å². The van der Waals surface area contributed by atoms with Gasteiger partial charge in [0, 0.05) is 31.7 Å². The van der Waals surface area contributed by atoms with E-state index in [-0.39, 0.29) is 17.9 Å². The molecule has 0 spiro atoms. The van der Waals surface area contributed by atoms with Gasteiger partial charge in [-0.3, -0.25) is 9.59 Å². The number of benzene rings is 1. The monoisotopic (exact) mass is 347 g/mol. The Hall–Kier alpha value is -2.28. The maximum absolute atomic E-state index is 12.7. The minimum absolute atomic E-state index is 0.0481. The minimum atomic E-state index is -0.0490. The Labute approximate surface area is 147 Å². The van der Waals surface area contributed by atoms with Crippen molar-refractivity contribution in [3.8, 4) is 11.5 Å². The first-order chi connectivity index (χ1) is 12.1. The van der Waals surface area contributed by atoms with Gasteiger partial charge in [-0.05, 0) is 37.6 Å². The smallest absolute Gasteiger partial charge is 0.254 e. The van der Waals surface area contributed by atoms with E-state index in [1.165, 1.54) is 0 Å². The fraction of sp³-hybridized carbons (Fsp3) is 0.556. The van der Waals surface area contributed by atoms with Crippen LogP contribution in [0.5, 0.6) is 11.5 Å². The van der Waals surface area contributed by atoms with E-state index < -0.39 is 0 Å². The predicted molar refractivity (Wildman–Crippen MR) is 93.1 cm³/mol. The molecule has 0 aromatic heterocycles. The van der Waals surface area contributed by atoms with Crippen LogP contribution in [0.15, 0.2) is 18.2 Å².